The van der Waals surface area contributed by atoms with Gasteiger partial charge in [0, 0.05) is 22.9 Å². The number of aryl methyl sites for hydroxylation is 1. The smallest absolute Gasteiger partial charge is 0.310 e. The molecule has 1 saturated heterocycles. The standard InChI is InChI=1S/C24H24N2O4/c1-12-5-3-8-18(13(12)2)26-22(27)14-6-4-7-16(9-14)25-23(28)20-15-10-17-19(11-15)30-24(29)21(17)20/h3-9,15,17,19-21H,10-11H2,1-2H3,(H,25,28)(H,26,27)/t15-,17+,19+,20-,21-/m1/s1. The molecule has 0 unspecified atom stereocenters. The Balaban J connectivity index is 1.31. The number of nitrogens with one attached hydrogen (secondary N) is 2. The number of anilines is 2. The van der Waals surface area contributed by atoms with Crippen LogP contribution < -0.4 is 10.6 Å². The fourth-order valence-electron chi connectivity index (χ4n) is 5.41. The third kappa shape index (κ3) is 2.98. The van der Waals surface area contributed by atoms with Gasteiger partial charge in [-0.05, 0) is 68.0 Å². The minimum Gasteiger partial charge on any atom is -0.462 e. The highest BCUT2D eigenvalue weighted by molar-refractivity contribution is 6.06. The molecule has 0 radical (unpaired) electrons. The highest BCUT2D eigenvalue weighted by atomic mass is 16.6. The van der Waals surface area contributed by atoms with Crippen molar-refractivity contribution in [1.82, 2.24) is 0 Å². The number of rotatable bonds is 4. The summed E-state index contributed by atoms with van der Waals surface area (Å²) in [6.07, 6.45) is 1.68. The summed E-state index contributed by atoms with van der Waals surface area (Å²) in [7, 11) is 0. The Hall–Kier alpha value is -3.15. The van der Waals surface area contributed by atoms with Crippen LogP contribution in [0.15, 0.2) is 42.5 Å². The molecular weight excluding hydrogens is 380 g/mol. The summed E-state index contributed by atoms with van der Waals surface area (Å²) in [5.41, 5.74) is 3.91. The minimum atomic E-state index is -0.339. The number of esters is 1. The van der Waals surface area contributed by atoms with E-state index in [1.807, 2.05) is 32.0 Å². The van der Waals surface area contributed by atoms with Gasteiger partial charge in [0.15, 0.2) is 0 Å². The van der Waals surface area contributed by atoms with E-state index in [9.17, 15) is 14.4 Å². The first-order chi connectivity index (χ1) is 14.4. The highest BCUT2D eigenvalue weighted by Gasteiger charge is 2.63. The normalized spacial score (nSPS) is 28.3. The van der Waals surface area contributed by atoms with E-state index >= 15 is 0 Å². The van der Waals surface area contributed by atoms with Crippen LogP contribution in [0.2, 0.25) is 0 Å². The summed E-state index contributed by atoms with van der Waals surface area (Å²) in [6, 6.07) is 12.7. The van der Waals surface area contributed by atoms with E-state index in [-0.39, 0.29) is 47.6 Å². The van der Waals surface area contributed by atoms with Crippen LogP contribution in [0.5, 0.6) is 0 Å². The van der Waals surface area contributed by atoms with E-state index < -0.39 is 0 Å². The van der Waals surface area contributed by atoms with Crippen LogP contribution in [0.1, 0.15) is 34.3 Å². The van der Waals surface area contributed by atoms with E-state index in [0.717, 1.165) is 29.7 Å². The van der Waals surface area contributed by atoms with E-state index in [1.54, 1.807) is 24.3 Å². The van der Waals surface area contributed by atoms with Crippen molar-refractivity contribution in [2.45, 2.75) is 32.8 Å². The molecule has 6 nitrogen and oxygen atoms in total. The molecule has 3 fully saturated rings. The molecule has 2 aliphatic carbocycles. The van der Waals surface area contributed by atoms with Crippen LogP contribution >= 0.6 is 0 Å². The predicted molar refractivity (Wildman–Crippen MR) is 112 cm³/mol. The molecule has 2 aromatic rings. The van der Waals surface area contributed by atoms with Gasteiger partial charge in [0.05, 0.1) is 11.8 Å². The van der Waals surface area contributed by atoms with Gasteiger partial charge in [-0.3, -0.25) is 14.4 Å². The molecule has 1 heterocycles. The van der Waals surface area contributed by atoms with E-state index in [0.29, 0.717) is 11.3 Å². The fraction of sp³-hybridized carbons (Fsp3) is 0.375. The Kier molecular flexibility index (Phi) is 4.38. The lowest BCUT2D eigenvalue weighted by molar-refractivity contribution is -0.145. The number of hydrogen-bond acceptors (Lipinski definition) is 4. The van der Waals surface area contributed by atoms with Gasteiger partial charge in [0.25, 0.3) is 5.91 Å². The van der Waals surface area contributed by atoms with Crippen molar-refractivity contribution >= 4 is 29.2 Å². The molecule has 6 heteroatoms. The molecule has 30 heavy (non-hydrogen) atoms. The van der Waals surface area contributed by atoms with Crippen molar-refractivity contribution < 1.29 is 19.1 Å². The lowest BCUT2D eigenvalue weighted by Gasteiger charge is -2.23. The van der Waals surface area contributed by atoms with Crippen LogP contribution in [0, 0.1) is 37.5 Å². The molecule has 0 aromatic heterocycles. The molecule has 154 valence electrons. The van der Waals surface area contributed by atoms with Crippen molar-refractivity contribution in [3.8, 4) is 0 Å². The number of carbonyl (C=O) groups is 3. The molecule has 1 aliphatic heterocycles. The lowest BCUT2D eigenvalue weighted by Crippen LogP contribution is -2.35. The second-order valence-corrected chi connectivity index (χ2v) is 8.69. The summed E-state index contributed by atoms with van der Waals surface area (Å²) in [5, 5.41) is 5.86. The van der Waals surface area contributed by atoms with Crippen LogP contribution in [-0.4, -0.2) is 23.9 Å². The number of ether oxygens (including phenoxy) is 1. The number of amides is 2. The van der Waals surface area contributed by atoms with Crippen molar-refractivity contribution in [3.63, 3.8) is 0 Å². The zero-order valence-electron chi connectivity index (χ0n) is 17.0. The summed E-state index contributed by atoms with van der Waals surface area (Å²) in [5.74, 6) is -0.885. The molecular formula is C24H24N2O4. The van der Waals surface area contributed by atoms with Crippen LogP contribution in [0.25, 0.3) is 0 Å². The molecule has 2 amide bonds. The molecule has 0 spiro atoms. The average Bonchev–Trinajstić information content (AvgIpc) is 3.34. The maximum absolute atomic E-state index is 13.0. The molecule has 2 saturated carbocycles. The molecule has 5 atom stereocenters. The Morgan fingerprint density at radius 2 is 1.83 bits per heavy atom. The molecule has 2 bridgehead atoms. The summed E-state index contributed by atoms with van der Waals surface area (Å²) < 4.78 is 5.42. The SMILES string of the molecule is Cc1cccc(NC(=O)c2cccc(NC(=O)[C@@H]3[C@@H]4C[C@@H]5[C@H]3C(=O)O[C@H]5C4)c2)c1C. The Bertz CT molecular complexity index is 1060. The summed E-state index contributed by atoms with van der Waals surface area (Å²) in [4.78, 5) is 37.9. The minimum absolute atomic E-state index is 0.00801. The fourth-order valence-corrected chi connectivity index (χ4v) is 5.41. The number of hydrogen-bond donors (Lipinski definition) is 2. The van der Waals surface area contributed by atoms with Gasteiger partial charge in [-0.2, -0.15) is 0 Å². The quantitative estimate of drug-likeness (QED) is 0.761. The Morgan fingerprint density at radius 3 is 2.67 bits per heavy atom. The number of benzene rings is 2. The van der Waals surface area contributed by atoms with Gasteiger partial charge in [-0.1, -0.05) is 18.2 Å². The third-order valence-corrected chi connectivity index (χ3v) is 7.03. The lowest BCUT2D eigenvalue weighted by atomic mass is 9.79. The van der Waals surface area contributed by atoms with Crippen LogP contribution in [-0.2, 0) is 14.3 Å². The van der Waals surface area contributed by atoms with E-state index in [2.05, 4.69) is 10.6 Å². The highest BCUT2D eigenvalue weighted by Crippen LogP contribution is 2.57. The predicted octanol–water partition coefficient (Wildman–Crippen LogP) is 3.69. The van der Waals surface area contributed by atoms with Gasteiger partial charge in [0.2, 0.25) is 5.91 Å². The first-order valence-electron chi connectivity index (χ1n) is 10.4. The Morgan fingerprint density at radius 1 is 1.03 bits per heavy atom. The van der Waals surface area contributed by atoms with Crippen LogP contribution in [0.4, 0.5) is 11.4 Å². The zero-order valence-corrected chi connectivity index (χ0v) is 17.0. The van der Waals surface area contributed by atoms with Gasteiger partial charge >= 0.3 is 5.97 Å². The number of fused-ring (bicyclic) bond motifs is 1. The van der Waals surface area contributed by atoms with Crippen molar-refractivity contribution in [2.75, 3.05) is 10.6 Å². The van der Waals surface area contributed by atoms with E-state index in [4.69, 9.17) is 4.74 Å². The molecule has 5 rings (SSSR count). The molecule has 2 aromatic carbocycles. The Labute approximate surface area is 175 Å². The second kappa shape index (κ2) is 6.97. The second-order valence-electron chi connectivity index (χ2n) is 8.69. The largest absolute Gasteiger partial charge is 0.462 e. The van der Waals surface area contributed by atoms with Gasteiger partial charge in [-0.15, -0.1) is 0 Å². The third-order valence-electron chi connectivity index (χ3n) is 7.03. The maximum atomic E-state index is 13.0. The van der Waals surface area contributed by atoms with Crippen molar-refractivity contribution in [2.24, 2.45) is 23.7 Å². The molecule has 2 N–H and O–H groups in total. The maximum Gasteiger partial charge on any atom is 0.310 e. The molecule has 3 aliphatic rings. The van der Waals surface area contributed by atoms with Crippen molar-refractivity contribution in [1.29, 1.82) is 0 Å². The number of carbonyl (C=O) groups excluding carboxylic acids is 3. The van der Waals surface area contributed by atoms with Crippen molar-refractivity contribution in [3.05, 3.63) is 59.2 Å². The first kappa shape index (κ1) is 18.9. The van der Waals surface area contributed by atoms with Gasteiger partial charge in [-0.25, -0.2) is 0 Å². The van der Waals surface area contributed by atoms with Gasteiger partial charge < -0.3 is 15.4 Å². The summed E-state index contributed by atoms with van der Waals surface area (Å²) >= 11 is 0. The van der Waals surface area contributed by atoms with Crippen LogP contribution in [0.3, 0.4) is 0 Å². The summed E-state index contributed by atoms with van der Waals surface area (Å²) in [6.45, 7) is 3.97. The topological polar surface area (TPSA) is 84.5 Å². The average molecular weight is 404 g/mol. The first-order valence-corrected chi connectivity index (χ1v) is 10.4. The monoisotopic (exact) mass is 404 g/mol. The van der Waals surface area contributed by atoms with E-state index in [1.165, 1.54) is 0 Å². The zero-order chi connectivity index (χ0) is 21.0. The van der Waals surface area contributed by atoms with Gasteiger partial charge in [0.1, 0.15) is 6.10 Å².